The number of aromatic nitrogens is 1. The van der Waals surface area contributed by atoms with E-state index in [0.29, 0.717) is 18.6 Å². The second-order valence-corrected chi connectivity index (χ2v) is 4.81. The van der Waals surface area contributed by atoms with E-state index in [4.69, 9.17) is 10.5 Å². The summed E-state index contributed by atoms with van der Waals surface area (Å²) >= 11 is 0. The van der Waals surface area contributed by atoms with Crippen molar-refractivity contribution in [3.8, 4) is 5.75 Å². The molecular formula is C13H20Cl2N2O. The topological polar surface area (TPSA) is 48.1 Å². The molecular weight excluding hydrogens is 271 g/mol. The molecule has 0 bridgehead atoms. The molecule has 0 spiro atoms. The van der Waals surface area contributed by atoms with E-state index >= 15 is 0 Å². The Balaban J connectivity index is 0.000000810. The molecule has 3 nitrogen and oxygen atoms in total. The molecule has 1 heterocycles. The fraction of sp³-hybridized carbons (Fsp3) is 0.615. The molecule has 1 aromatic rings. The smallest absolute Gasteiger partial charge is 0.126 e. The predicted octanol–water partition coefficient (Wildman–Crippen LogP) is 2.85. The standard InChI is InChI=1S/C13H18N2O.2ClH/c14-8-9-4-5-11-12(6-7-15-13(9)11)16-10-2-1-3-10;;/h6-7,9-10H,1-5,8,14H2;2*1H. The molecule has 0 aromatic carbocycles. The normalized spacial score (nSPS) is 21.3. The molecule has 0 saturated heterocycles. The van der Waals surface area contributed by atoms with Gasteiger partial charge in [-0.15, -0.1) is 24.8 Å². The molecule has 2 N–H and O–H groups in total. The van der Waals surface area contributed by atoms with Crippen molar-refractivity contribution in [2.24, 2.45) is 5.73 Å². The summed E-state index contributed by atoms with van der Waals surface area (Å²) < 4.78 is 6.01. The quantitative estimate of drug-likeness (QED) is 0.931. The average molecular weight is 291 g/mol. The minimum Gasteiger partial charge on any atom is -0.490 e. The molecule has 1 atom stereocenters. The Morgan fingerprint density at radius 1 is 1.28 bits per heavy atom. The number of fused-ring (bicyclic) bond motifs is 1. The number of rotatable bonds is 3. The summed E-state index contributed by atoms with van der Waals surface area (Å²) in [7, 11) is 0. The Hall–Kier alpha value is -0.510. The SMILES string of the molecule is Cl.Cl.NCC1CCc2c(OC3CCC3)ccnc21. The van der Waals surface area contributed by atoms with Crippen LogP contribution in [0.25, 0.3) is 0 Å². The number of hydrogen-bond acceptors (Lipinski definition) is 3. The van der Waals surface area contributed by atoms with Crippen molar-refractivity contribution in [2.75, 3.05) is 6.54 Å². The molecule has 2 aliphatic rings. The minimum atomic E-state index is 0. The Morgan fingerprint density at radius 2 is 2.06 bits per heavy atom. The highest BCUT2D eigenvalue weighted by molar-refractivity contribution is 5.85. The van der Waals surface area contributed by atoms with Crippen LogP contribution in [0.15, 0.2) is 12.3 Å². The highest BCUT2D eigenvalue weighted by atomic mass is 35.5. The van der Waals surface area contributed by atoms with E-state index in [0.717, 1.165) is 18.6 Å². The number of nitrogens with zero attached hydrogens (tertiary/aromatic N) is 1. The Bertz CT molecular complexity index is 397. The second kappa shape index (κ2) is 6.60. The summed E-state index contributed by atoms with van der Waals surface area (Å²) in [6.07, 6.45) is 8.24. The largest absolute Gasteiger partial charge is 0.490 e. The van der Waals surface area contributed by atoms with Crippen molar-refractivity contribution >= 4 is 24.8 Å². The van der Waals surface area contributed by atoms with Crippen LogP contribution in [-0.4, -0.2) is 17.6 Å². The summed E-state index contributed by atoms with van der Waals surface area (Å²) in [6.45, 7) is 0.701. The zero-order chi connectivity index (χ0) is 11.0. The molecule has 0 amide bonds. The van der Waals surface area contributed by atoms with Gasteiger partial charge in [0.2, 0.25) is 0 Å². The van der Waals surface area contributed by atoms with Crippen molar-refractivity contribution in [3.05, 3.63) is 23.5 Å². The van der Waals surface area contributed by atoms with Gasteiger partial charge < -0.3 is 10.5 Å². The van der Waals surface area contributed by atoms with Crippen LogP contribution in [0.3, 0.4) is 0 Å². The molecule has 3 rings (SSSR count). The lowest BCUT2D eigenvalue weighted by atomic mass is 9.96. The summed E-state index contributed by atoms with van der Waals surface area (Å²) in [5.41, 5.74) is 8.25. The molecule has 1 saturated carbocycles. The van der Waals surface area contributed by atoms with Crippen molar-refractivity contribution in [1.82, 2.24) is 4.98 Å². The van der Waals surface area contributed by atoms with Crippen LogP contribution < -0.4 is 10.5 Å². The molecule has 5 heteroatoms. The minimum absolute atomic E-state index is 0. The maximum atomic E-state index is 6.01. The van der Waals surface area contributed by atoms with Gasteiger partial charge in [0.15, 0.2) is 0 Å². The van der Waals surface area contributed by atoms with Crippen molar-refractivity contribution in [2.45, 2.75) is 44.1 Å². The first-order valence-electron chi connectivity index (χ1n) is 6.23. The zero-order valence-corrected chi connectivity index (χ0v) is 11.9. The number of halogens is 2. The maximum Gasteiger partial charge on any atom is 0.126 e. The summed E-state index contributed by atoms with van der Waals surface area (Å²) in [4.78, 5) is 4.46. The third-order valence-corrected chi connectivity index (χ3v) is 3.81. The highest BCUT2D eigenvalue weighted by Gasteiger charge is 2.27. The van der Waals surface area contributed by atoms with Crippen LogP contribution in [0.5, 0.6) is 5.75 Å². The number of nitrogens with two attached hydrogens (primary N) is 1. The number of pyridine rings is 1. The van der Waals surface area contributed by atoms with Crippen LogP contribution in [-0.2, 0) is 6.42 Å². The lowest BCUT2D eigenvalue weighted by Crippen LogP contribution is -2.25. The van der Waals surface area contributed by atoms with Gasteiger partial charge in [0, 0.05) is 24.2 Å². The third kappa shape index (κ3) is 2.73. The number of ether oxygens (including phenoxy) is 1. The van der Waals surface area contributed by atoms with E-state index in [2.05, 4.69) is 4.98 Å². The summed E-state index contributed by atoms with van der Waals surface area (Å²) in [6, 6.07) is 2.01. The van der Waals surface area contributed by atoms with E-state index < -0.39 is 0 Å². The molecule has 0 aliphatic heterocycles. The lowest BCUT2D eigenvalue weighted by molar-refractivity contribution is 0.119. The first-order valence-corrected chi connectivity index (χ1v) is 6.23. The zero-order valence-electron chi connectivity index (χ0n) is 10.3. The third-order valence-electron chi connectivity index (χ3n) is 3.81. The monoisotopic (exact) mass is 290 g/mol. The molecule has 1 fully saturated rings. The van der Waals surface area contributed by atoms with E-state index in [-0.39, 0.29) is 24.8 Å². The fourth-order valence-electron chi connectivity index (χ4n) is 2.56. The van der Waals surface area contributed by atoms with E-state index in [1.165, 1.54) is 30.5 Å². The van der Waals surface area contributed by atoms with Gasteiger partial charge in [-0.2, -0.15) is 0 Å². The Labute approximate surface area is 120 Å². The van der Waals surface area contributed by atoms with Crippen molar-refractivity contribution in [3.63, 3.8) is 0 Å². The summed E-state index contributed by atoms with van der Waals surface area (Å²) in [5, 5.41) is 0. The van der Waals surface area contributed by atoms with E-state index in [1.807, 2.05) is 12.3 Å². The Kier molecular flexibility index (Phi) is 5.70. The molecule has 1 unspecified atom stereocenters. The maximum absolute atomic E-state index is 6.01. The van der Waals surface area contributed by atoms with Gasteiger partial charge >= 0.3 is 0 Å². The molecule has 102 valence electrons. The average Bonchev–Trinajstić information content (AvgIpc) is 2.67. The highest BCUT2D eigenvalue weighted by Crippen LogP contribution is 2.37. The fourth-order valence-corrected chi connectivity index (χ4v) is 2.56. The van der Waals surface area contributed by atoms with Gasteiger partial charge in [-0.05, 0) is 38.2 Å². The molecule has 2 aliphatic carbocycles. The van der Waals surface area contributed by atoms with Gasteiger partial charge in [0.05, 0.1) is 11.8 Å². The van der Waals surface area contributed by atoms with Crippen LogP contribution >= 0.6 is 24.8 Å². The van der Waals surface area contributed by atoms with E-state index in [1.54, 1.807) is 0 Å². The van der Waals surface area contributed by atoms with Crippen LogP contribution in [0, 0.1) is 0 Å². The lowest BCUT2D eigenvalue weighted by Gasteiger charge is -2.27. The van der Waals surface area contributed by atoms with Gasteiger partial charge in [-0.3, -0.25) is 4.98 Å². The van der Waals surface area contributed by atoms with Gasteiger partial charge in [0.25, 0.3) is 0 Å². The molecule has 18 heavy (non-hydrogen) atoms. The van der Waals surface area contributed by atoms with Crippen LogP contribution in [0.1, 0.15) is 42.9 Å². The summed E-state index contributed by atoms with van der Waals surface area (Å²) in [5.74, 6) is 1.51. The Morgan fingerprint density at radius 3 is 2.67 bits per heavy atom. The first kappa shape index (κ1) is 15.5. The van der Waals surface area contributed by atoms with Gasteiger partial charge in [0.1, 0.15) is 5.75 Å². The number of hydrogen-bond donors (Lipinski definition) is 1. The van der Waals surface area contributed by atoms with Crippen molar-refractivity contribution < 1.29 is 4.74 Å². The molecule has 1 aromatic heterocycles. The van der Waals surface area contributed by atoms with Crippen LogP contribution in [0.4, 0.5) is 0 Å². The molecule has 0 radical (unpaired) electrons. The van der Waals surface area contributed by atoms with Crippen LogP contribution in [0.2, 0.25) is 0 Å². The predicted molar refractivity (Wildman–Crippen MR) is 77.1 cm³/mol. The first-order chi connectivity index (χ1) is 7.88. The van der Waals surface area contributed by atoms with E-state index in [9.17, 15) is 0 Å². The second-order valence-electron chi connectivity index (χ2n) is 4.81. The van der Waals surface area contributed by atoms with Crippen molar-refractivity contribution in [1.29, 1.82) is 0 Å². The van der Waals surface area contributed by atoms with Gasteiger partial charge in [-0.25, -0.2) is 0 Å². The van der Waals surface area contributed by atoms with Gasteiger partial charge in [-0.1, -0.05) is 0 Å².